The van der Waals surface area contributed by atoms with Gasteiger partial charge in [-0.25, -0.2) is 0 Å². The highest BCUT2D eigenvalue weighted by Crippen LogP contribution is 2.36. The SMILES string of the molecule is CCOc1c(Br)cc(CNCCCNCCO)cc1OC. The Balaban J connectivity index is 2.43. The molecule has 0 aliphatic heterocycles. The van der Waals surface area contributed by atoms with E-state index in [1.54, 1.807) is 7.11 Å². The fraction of sp³-hybridized carbons (Fsp3) is 0.600. The van der Waals surface area contributed by atoms with Crippen molar-refractivity contribution < 1.29 is 14.6 Å². The van der Waals surface area contributed by atoms with E-state index in [0.29, 0.717) is 13.2 Å². The van der Waals surface area contributed by atoms with Gasteiger partial charge in [-0.1, -0.05) is 0 Å². The molecule has 120 valence electrons. The van der Waals surface area contributed by atoms with Crippen molar-refractivity contribution in [3.8, 4) is 11.5 Å². The molecule has 1 aromatic carbocycles. The van der Waals surface area contributed by atoms with E-state index < -0.39 is 0 Å². The van der Waals surface area contributed by atoms with Gasteiger partial charge in [0, 0.05) is 13.1 Å². The maximum Gasteiger partial charge on any atom is 0.175 e. The molecule has 0 heterocycles. The van der Waals surface area contributed by atoms with E-state index in [1.165, 1.54) is 0 Å². The summed E-state index contributed by atoms with van der Waals surface area (Å²) >= 11 is 3.52. The van der Waals surface area contributed by atoms with E-state index in [1.807, 2.05) is 19.1 Å². The predicted molar refractivity (Wildman–Crippen MR) is 88.1 cm³/mol. The molecular weight excluding hydrogens is 336 g/mol. The van der Waals surface area contributed by atoms with Gasteiger partial charge in [0.15, 0.2) is 11.5 Å². The molecule has 1 rings (SSSR count). The van der Waals surface area contributed by atoms with Crippen molar-refractivity contribution in [2.75, 3.05) is 40.0 Å². The molecule has 0 bridgehead atoms. The highest BCUT2D eigenvalue weighted by atomic mass is 79.9. The molecule has 0 atom stereocenters. The number of hydrogen-bond acceptors (Lipinski definition) is 5. The van der Waals surface area contributed by atoms with Crippen molar-refractivity contribution in [3.05, 3.63) is 22.2 Å². The summed E-state index contributed by atoms with van der Waals surface area (Å²) in [6, 6.07) is 4.04. The first-order chi connectivity index (χ1) is 10.2. The summed E-state index contributed by atoms with van der Waals surface area (Å²) in [5, 5.41) is 15.2. The van der Waals surface area contributed by atoms with Crippen molar-refractivity contribution in [2.24, 2.45) is 0 Å². The van der Waals surface area contributed by atoms with Crippen molar-refractivity contribution in [3.63, 3.8) is 0 Å². The number of nitrogens with one attached hydrogen (secondary N) is 2. The van der Waals surface area contributed by atoms with Gasteiger partial charge in [-0.15, -0.1) is 0 Å². The number of benzene rings is 1. The average Bonchev–Trinajstić information content (AvgIpc) is 2.48. The van der Waals surface area contributed by atoms with Gasteiger partial charge in [0.25, 0.3) is 0 Å². The lowest BCUT2D eigenvalue weighted by Gasteiger charge is -2.14. The van der Waals surface area contributed by atoms with Gasteiger partial charge in [0.05, 0.1) is 24.8 Å². The largest absolute Gasteiger partial charge is 0.493 e. The van der Waals surface area contributed by atoms with Gasteiger partial charge in [-0.3, -0.25) is 0 Å². The third-order valence-corrected chi connectivity index (χ3v) is 3.49. The van der Waals surface area contributed by atoms with E-state index in [9.17, 15) is 0 Å². The Morgan fingerprint density at radius 1 is 1.19 bits per heavy atom. The second-order valence-electron chi connectivity index (χ2n) is 4.55. The third-order valence-electron chi connectivity index (χ3n) is 2.90. The molecule has 0 unspecified atom stereocenters. The molecule has 0 radical (unpaired) electrons. The van der Waals surface area contributed by atoms with Crippen LogP contribution in [0.15, 0.2) is 16.6 Å². The number of ether oxygens (including phenoxy) is 2. The highest BCUT2D eigenvalue weighted by Gasteiger charge is 2.10. The number of hydrogen-bond donors (Lipinski definition) is 3. The first-order valence-corrected chi connectivity index (χ1v) is 8.03. The van der Waals surface area contributed by atoms with Gasteiger partial charge < -0.3 is 25.2 Å². The van der Waals surface area contributed by atoms with E-state index >= 15 is 0 Å². The van der Waals surface area contributed by atoms with Crippen molar-refractivity contribution in [1.29, 1.82) is 0 Å². The molecule has 0 saturated heterocycles. The van der Waals surface area contributed by atoms with Crippen LogP contribution in [0, 0.1) is 0 Å². The summed E-state index contributed by atoms with van der Waals surface area (Å²) < 4.78 is 11.9. The minimum atomic E-state index is 0.188. The van der Waals surface area contributed by atoms with Crippen molar-refractivity contribution in [1.82, 2.24) is 10.6 Å². The lowest BCUT2D eigenvalue weighted by Crippen LogP contribution is -2.23. The monoisotopic (exact) mass is 360 g/mol. The quantitative estimate of drug-likeness (QED) is 0.526. The summed E-state index contributed by atoms with van der Waals surface area (Å²) in [5.74, 6) is 1.49. The highest BCUT2D eigenvalue weighted by molar-refractivity contribution is 9.10. The zero-order chi connectivity index (χ0) is 15.5. The minimum Gasteiger partial charge on any atom is -0.493 e. The van der Waals surface area contributed by atoms with E-state index in [2.05, 4.69) is 26.6 Å². The average molecular weight is 361 g/mol. The second-order valence-corrected chi connectivity index (χ2v) is 5.40. The zero-order valence-corrected chi connectivity index (χ0v) is 14.3. The fourth-order valence-corrected chi connectivity index (χ4v) is 2.54. The predicted octanol–water partition coefficient (Wildman–Crippen LogP) is 1.92. The Kier molecular flexibility index (Phi) is 9.41. The molecule has 0 amide bonds. The van der Waals surface area contributed by atoms with Gasteiger partial charge in [-0.05, 0) is 60.1 Å². The topological polar surface area (TPSA) is 62.8 Å². The fourth-order valence-electron chi connectivity index (χ4n) is 1.93. The molecule has 1 aromatic rings. The van der Waals surface area contributed by atoms with Crippen LogP contribution in [0.25, 0.3) is 0 Å². The molecule has 6 heteroatoms. The van der Waals surface area contributed by atoms with E-state index in [4.69, 9.17) is 14.6 Å². The maximum absolute atomic E-state index is 8.65. The molecule has 3 N–H and O–H groups in total. The molecule has 5 nitrogen and oxygen atoms in total. The van der Waals surface area contributed by atoms with Crippen LogP contribution in [0.1, 0.15) is 18.9 Å². The Labute approximate surface area is 135 Å². The lowest BCUT2D eigenvalue weighted by atomic mass is 10.2. The van der Waals surface area contributed by atoms with Gasteiger partial charge >= 0.3 is 0 Å². The molecule has 0 aliphatic carbocycles. The Bertz CT molecular complexity index is 416. The first kappa shape index (κ1) is 18.2. The normalized spacial score (nSPS) is 10.7. The molecule has 0 saturated carbocycles. The van der Waals surface area contributed by atoms with Crippen LogP contribution in [0.2, 0.25) is 0 Å². The number of aliphatic hydroxyl groups is 1. The van der Waals surface area contributed by atoms with Crippen LogP contribution in [-0.2, 0) is 6.54 Å². The lowest BCUT2D eigenvalue weighted by molar-refractivity contribution is 0.292. The van der Waals surface area contributed by atoms with Gasteiger partial charge in [0.1, 0.15) is 0 Å². The molecule has 0 aliphatic rings. The number of rotatable bonds is 11. The summed E-state index contributed by atoms with van der Waals surface area (Å²) in [4.78, 5) is 0. The molecule has 0 aromatic heterocycles. The third kappa shape index (κ3) is 6.65. The summed E-state index contributed by atoms with van der Waals surface area (Å²) in [6.07, 6.45) is 1.02. The Hall–Kier alpha value is -0.820. The van der Waals surface area contributed by atoms with Crippen LogP contribution in [0.4, 0.5) is 0 Å². The first-order valence-electron chi connectivity index (χ1n) is 7.24. The van der Waals surface area contributed by atoms with Gasteiger partial charge in [-0.2, -0.15) is 0 Å². The Morgan fingerprint density at radius 2 is 1.95 bits per heavy atom. The number of halogens is 1. The second kappa shape index (κ2) is 10.8. The van der Waals surface area contributed by atoms with Crippen molar-refractivity contribution >= 4 is 15.9 Å². The smallest absolute Gasteiger partial charge is 0.175 e. The minimum absolute atomic E-state index is 0.188. The summed E-state index contributed by atoms with van der Waals surface area (Å²) in [5.41, 5.74) is 1.14. The molecule has 0 spiro atoms. The van der Waals surface area contributed by atoms with Crippen molar-refractivity contribution in [2.45, 2.75) is 19.9 Å². The van der Waals surface area contributed by atoms with Gasteiger partial charge in [0.2, 0.25) is 0 Å². The zero-order valence-electron chi connectivity index (χ0n) is 12.7. The van der Waals surface area contributed by atoms with E-state index in [0.717, 1.165) is 47.6 Å². The van der Waals surface area contributed by atoms with Crippen LogP contribution in [-0.4, -0.2) is 45.1 Å². The number of aliphatic hydroxyl groups excluding tert-OH is 1. The van der Waals surface area contributed by atoms with Crippen LogP contribution in [0.3, 0.4) is 0 Å². The summed E-state index contributed by atoms with van der Waals surface area (Å²) in [6.45, 7) is 6.01. The molecule has 0 fully saturated rings. The molecular formula is C15H25BrN2O3. The van der Waals surface area contributed by atoms with E-state index in [-0.39, 0.29) is 6.61 Å². The number of methoxy groups -OCH3 is 1. The Morgan fingerprint density at radius 3 is 2.62 bits per heavy atom. The maximum atomic E-state index is 8.65. The standard InChI is InChI=1S/C15H25BrN2O3/c1-3-21-15-13(16)9-12(10-14(15)20-2)11-18-6-4-5-17-7-8-19/h9-10,17-19H,3-8,11H2,1-2H3. The van der Waals surface area contributed by atoms with Crippen LogP contribution < -0.4 is 20.1 Å². The summed E-state index contributed by atoms with van der Waals surface area (Å²) in [7, 11) is 1.65. The molecule has 21 heavy (non-hydrogen) atoms. The van der Waals surface area contributed by atoms with Crippen LogP contribution in [0.5, 0.6) is 11.5 Å². The van der Waals surface area contributed by atoms with Crippen LogP contribution >= 0.6 is 15.9 Å².